The summed E-state index contributed by atoms with van der Waals surface area (Å²) >= 11 is 12.1. The van der Waals surface area contributed by atoms with Gasteiger partial charge in [-0.3, -0.25) is 14.9 Å². The molecule has 3 rings (SSSR count). The normalized spacial score (nSPS) is 15.1. The molecule has 8 nitrogen and oxygen atoms in total. The maximum absolute atomic E-state index is 12.9. The van der Waals surface area contributed by atoms with Crippen molar-refractivity contribution in [3.05, 3.63) is 62.1 Å². The van der Waals surface area contributed by atoms with Crippen molar-refractivity contribution in [2.45, 2.75) is 24.2 Å². The number of hydrogen-bond acceptors (Lipinski definition) is 5. The molecule has 2 aromatic rings. The van der Waals surface area contributed by atoms with Crippen molar-refractivity contribution in [1.29, 1.82) is 0 Å². The van der Waals surface area contributed by atoms with Gasteiger partial charge in [0.05, 0.1) is 31.1 Å². The Labute approximate surface area is 177 Å². The Bertz CT molecular complexity index is 1070. The summed E-state index contributed by atoms with van der Waals surface area (Å²) in [5.74, 6) is -0.729. The first-order valence-electron chi connectivity index (χ1n) is 8.75. The number of carbonyl (C=O) groups excluding carboxylic acids is 1. The van der Waals surface area contributed by atoms with Crippen LogP contribution in [0.1, 0.15) is 29.6 Å². The van der Waals surface area contributed by atoms with E-state index in [9.17, 15) is 23.3 Å². The maximum atomic E-state index is 12.9. The maximum Gasteiger partial charge on any atom is 0.271 e. The molecule has 0 aromatic heterocycles. The van der Waals surface area contributed by atoms with Crippen LogP contribution in [0.4, 0.5) is 11.4 Å². The van der Waals surface area contributed by atoms with E-state index in [-0.39, 0.29) is 31.9 Å². The van der Waals surface area contributed by atoms with Crippen LogP contribution < -0.4 is 5.32 Å². The fraction of sp³-hybridized carbons (Fsp3) is 0.278. The van der Waals surface area contributed by atoms with E-state index in [4.69, 9.17) is 23.2 Å². The monoisotopic (exact) mass is 457 g/mol. The number of carbonyl (C=O) groups is 1. The van der Waals surface area contributed by atoms with Gasteiger partial charge in [0.2, 0.25) is 10.0 Å². The molecule has 0 aliphatic carbocycles. The van der Waals surface area contributed by atoms with Gasteiger partial charge in [-0.05, 0) is 37.1 Å². The molecule has 1 aliphatic heterocycles. The molecule has 154 valence electrons. The molecule has 1 amide bonds. The van der Waals surface area contributed by atoms with Crippen LogP contribution >= 0.6 is 23.2 Å². The second kappa shape index (κ2) is 8.66. The highest BCUT2D eigenvalue weighted by molar-refractivity contribution is 7.89. The minimum atomic E-state index is -3.75. The molecule has 1 heterocycles. The fourth-order valence-corrected chi connectivity index (χ4v) is 4.92. The molecule has 0 radical (unpaired) electrons. The summed E-state index contributed by atoms with van der Waals surface area (Å²) in [5.41, 5.74) is -0.309. The van der Waals surface area contributed by atoms with E-state index >= 15 is 0 Å². The number of nitro benzene ring substituents is 1. The molecule has 11 heteroatoms. The molecular formula is C18H17Cl2N3O5S. The van der Waals surface area contributed by atoms with Crippen molar-refractivity contribution in [2.75, 3.05) is 18.4 Å². The Morgan fingerprint density at radius 3 is 2.34 bits per heavy atom. The Hall–Kier alpha value is -2.20. The number of sulfonamides is 1. The minimum Gasteiger partial charge on any atom is -0.320 e. The molecule has 2 aromatic carbocycles. The third-order valence-corrected chi connectivity index (χ3v) is 7.10. The zero-order chi connectivity index (χ0) is 21.2. The van der Waals surface area contributed by atoms with Gasteiger partial charge in [-0.1, -0.05) is 29.6 Å². The third-order valence-electron chi connectivity index (χ3n) is 4.54. The summed E-state index contributed by atoms with van der Waals surface area (Å²) in [4.78, 5) is 23.0. The summed E-state index contributed by atoms with van der Waals surface area (Å²) in [6.07, 6.45) is 2.54. The number of nitrogens with zero attached hydrogens (tertiary/aromatic N) is 2. The average molecular weight is 458 g/mol. The van der Waals surface area contributed by atoms with Crippen molar-refractivity contribution in [1.82, 2.24) is 4.31 Å². The molecule has 1 fully saturated rings. The van der Waals surface area contributed by atoms with E-state index in [2.05, 4.69) is 5.32 Å². The second-order valence-corrected chi connectivity index (χ2v) is 9.23. The van der Waals surface area contributed by atoms with Gasteiger partial charge >= 0.3 is 0 Å². The van der Waals surface area contributed by atoms with Crippen LogP contribution in [0, 0.1) is 10.1 Å². The number of piperidine rings is 1. The Kier molecular flexibility index (Phi) is 6.42. The Morgan fingerprint density at radius 2 is 1.69 bits per heavy atom. The van der Waals surface area contributed by atoms with Crippen LogP contribution in [0.2, 0.25) is 10.0 Å². The zero-order valence-corrected chi connectivity index (χ0v) is 17.4. The van der Waals surface area contributed by atoms with Gasteiger partial charge in [0, 0.05) is 25.2 Å². The van der Waals surface area contributed by atoms with Gasteiger partial charge in [-0.2, -0.15) is 4.31 Å². The number of hydrogen-bond donors (Lipinski definition) is 1. The van der Waals surface area contributed by atoms with E-state index in [0.29, 0.717) is 13.1 Å². The lowest BCUT2D eigenvalue weighted by molar-refractivity contribution is -0.384. The summed E-state index contributed by atoms with van der Waals surface area (Å²) < 4.78 is 27.1. The lowest BCUT2D eigenvalue weighted by atomic mass is 10.2. The topological polar surface area (TPSA) is 110 Å². The van der Waals surface area contributed by atoms with E-state index in [1.807, 2.05) is 0 Å². The zero-order valence-electron chi connectivity index (χ0n) is 15.1. The van der Waals surface area contributed by atoms with Crippen LogP contribution in [0.25, 0.3) is 0 Å². The average Bonchev–Trinajstić information content (AvgIpc) is 2.70. The molecule has 0 bridgehead atoms. The predicted octanol–water partition coefficient (Wildman–Crippen LogP) is 4.33. The summed E-state index contributed by atoms with van der Waals surface area (Å²) in [5, 5.41) is 13.5. The van der Waals surface area contributed by atoms with Gasteiger partial charge in [-0.15, -0.1) is 0 Å². The fourth-order valence-electron chi connectivity index (χ4n) is 3.01. The van der Waals surface area contributed by atoms with Crippen molar-refractivity contribution in [3.63, 3.8) is 0 Å². The number of anilines is 1. The summed E-state index contributed by atoms with van der Waals surface area (Å²) in [7, 11) is -3.75. The van der Waals surface area contributed by atoms with Crippen LogP contribution in [-0.2, 0) is 10.0 Å². The highest BCUT2D eigenvalue weighted by Crippen LogP contribution is 2.29. The second-order valence-electron chi connectivity index (χ2n) is 6.48. The molecule has 0 saturated carbocycles. The summed E-state index contributed by atoms with van der Waals surface area (Å²) in [6, 6.07) is 7.49. The molecule has 1 aliphatic rings. The highest BCUT2D eigenvalue weighted by Gasteiger charge is 2.27. The van der Waals surface area contributed by atoms with Crippen molar-refractivity contribution in [2.24, 2.45) is 0 Å². The Balaban J connectivity index is 1.91. The van der Waals surface area contributed by atoms with E-state index < -0.39 is 20.9 Å². The van der Waals surface area contributed by atoms with Crippen molar-refractivity contribution in [3.8, 4) is 0 Å². The van der Waals surface area contributed by atoms with Gasteiger partial charge in [-0.25, -0.2) is 8.42 Å². The number of nitrogens with one attached hydrogen (secondary N) is 1. The predicted molar refractivity (Wildman–Crippen MR) is 110 cm³/mol. The quantitative estimate of drug-likeness (QED) is 0.530. The smallest absolute Gasteiger partial charge is 0.271 e. The van der Waals surface area contributed by atoms with E-state index in [0.717, 1.165) is 25.3 Å². The Morgan fingerprint density at radius 1 is 1.03 bits per heavy atom. The molecular weight excluding hydrogens is 441 g/mol. The van der Waals surface area contributed by atoms with Crippen LogP contribution in [0.15, 0.2) is 41.3 Å². The lowest BCUT2D eigenvalue weighted by Crippen LogP contribution is -2.35. The minimum absolute atomic E-state index is 0.0197. The third kappa shape index (κ3) is 4.69. The van der Waals surface area contributed by atoms with E-state index in [1.165, 1.54) is 34.6 Å². The molecule has 1 N–H and O–H groups in total. The van der Waals surface area contributed by atoms with Gasteiger partial charge in [0.15, 0.2) is 0 Å². The first kappa shape index (κ1) is 21.5. The molecule has 29 heavy (non-hydrogen) atoms. The van der Waals surface area contributed by atoms with Crippen molar-refractivity contribution < 1.29 is 18.1 Å². The molecule has 0 unspecified atom stereocenters. The summed E-state index contributed by atoms with van der Waals surface area (Å²) in [6.45, 7) is 0.853. The van der Waals surface area contributed by atoms with Crippen LogP contribution in [0.5, 0.6) is 0 Å². The molecule has 0 atom stereocenters. The van der Waals surface area contributed by atoms with Crippen LogP contribution in [0.3, 0.4) is 0 Å². The van der Waals surface area contributed by atoms with E-state index in [1.54, 1.807) is 0 Å². The first-order valence-corrected chi connectivity index (χ1v) is 10.9. The number of nitro groups is 1. The van der Waals surface area contributed by atoms with Crippen LogP contribution in [-0.4, -0.2) is 36.6 Å². The highest BCUT2D eigenvalue weighted by atomic mass is 35.5. The molecule has 0 spiro atoms. The molecule has 1 saturated heterocycles. The number of amides is 1. The first-order chi connectivity index (χ1) is 13.7. The number of benzene rings is 2. The van der Waals surface area contributed by atoms with Gasteiger partial charge in [0.1, 0.15) is 0 Å². The SMILES string of the molecule is O=C(Nc1cc([N+](=O)[O-])ccc1Cl)c1cc(S(=O)(=O)N2CCCCC2)ccc1Cl. The van der Waals surface area contributed by atoms with Crippen molar-refractivity contribution >= 4 is 50.5 Å². The largest absolute Gasteiger partial charge is 0.320 e. The van der Waals surface area contributed by atoms with Gasteiger partial charge in [0.25, 0.3) is 11.6 Å². The number of rotatable bonds is 5. The number of halogens is 2. The van der Waals surface area contributed by atoms with Gasteiger partial charge < -0.3 is 5.32 Å². The lowest BCUT2D eigenvalue weighted by Gasteiger charge is -2.26. The standard InChI is InChI=1S/C18H17Cl2N3O5S/c19-15-7-5-13(29(27,28)22-8-2-1-3-9-22)11-14(15)18(24)21-17-10-12(23(25)26)4-6-16(17)20/h4-7,10-11H,1-3,8-9H2,(H,21,24). The number of non-ortho nitro benzene ring substituents is 1.